The molecule has 0 atom stereocenters. The lowest BCUT2D eigenvalue weighted by atomic mass is 9.93. The van der Waals surface area contributed by atoms with Crippen molar-refractivity contribution < 1.29 is 4.79 Å². The van der Waals surface area contributed by atoms with Crippen molar-refractivity contribution in [3.05, 3.63) is 160 Å². The molecule has 0 radical (unpaired) electrons. The van der Waals surface area contributed by atoms with Crippen LogP contribution in [0.1, 0.15) is 79.5 Å². The standard InChI is InChI=1S/C44H48OP2/c1-32-17-13-15-23-40(32)46(41-24-16-14-18-33(41)2)31-38-27-36(25-34-19-9-7-10-20-34)37(26-35-21-11-8-12-22-35)28-42(38)47-43(3,4)29-39(45)30-44(47,5)6/h7-24,27-28H,25-26,29-31H2,1-6H3. The van der Waals surface area contributed by atoms with Crippen molar-refractivity contribution in [3.63, 3.8) is 0 Å². The van der Waals surface area contributed by atoms with Gasteiger partial charge >= 0.3 is 0 Å². The molecule has 5 aromatic carbocycles. The van der Waals surface area contributed by atoms with Crippen LogP contribution in [0, 0.1) is 13.8 Å². The molecule has 1 aliphatic rings. The molecule has 1 nitrogen and oxygen atoms in total. The van der Waals surface area contributed by atoms with E-state index in [0.29, 0.717) is 18.6 Å². The molecule has 0 N–H and O–H groups in total. The molecule has 1 aliphatic heterocycles. The fourth-order valence-corrected chi connectivity index (χ4v) is 15.1. The second-order valence-corrected chi connectivity index (χ2v) is 20.3. The first-order valence-electron chi connectivity index (χ1n) is 17.0. The fraction of sp³-hybridized carbons (Fsp3) is 0.295. The Kier molecular flexibility index (Phi) is 9.99. The molecular formula is C44H48OP2. The second kappa shape index (κ2) is 14.0. The van der Waals surface area contributed by atoms with Crippen LogP contribution in [0.4, 0.5) is 0 Å². The van der Waals surface area contributed by atoms with Gasteiger partial charge in [0.25, 0.3) is 0 Å². The van der Waals surface area contributed by atoms with E-state index in [1.54, 1.807) is 0 Å². The van der Waals surface area contributed by atoms with E-state index in [2.05, 4.69) is 163 Å². The summed E-state index contributed by atoms with van der Waals surface area (Å²) in [6, 6.07) is 45.1. The van der Waals surface area contributed by atoms with Crippen molar-refractivity contribution in [1.82, 2.24) is 0 Å². The highest BCUT2D eigenvalue weighted by Crippen LogP contribution is 2.65. The number of rotatable bonds is 9. The zero-order valence-electron chi connectivity index (χ0n) is 28.9. The molecule has 0 bridgehead atoms. The largest absolute Gasteiger partial charge is 0.300 e. The first-order chi connectivity index (χ1) is 22.5. The lowest BCUT2D eigenvalue weighted by molar-refractivity contribution is -0.120. The maximum absolute atomic E-state index is 13.2. The van der Waals surface area contributed by atoms with E-state index in [1.807, 2.05) is 0 Å². The quantitative estimate of drug-likeness (QED) is 0.145. The van der Waals surface area contributed by atoms with Gasteiger partial charge < -0.3 is 0 Å². The minimum Gasteiger partial charge on any atom is -0.300 e. The third kappa shape index (κ3) is 7.54. The zero-order chi connectivity index (χ0) is 33.2. The summed E-state index contributed by atoms with van der Waals surface area (Å²) in [7, 11) is -1.32. The van der Waals surface area contributed by atoms with E-state index in [-0.39, 0.29) is 10.3 Å². The van der Waals surface area contributed by atoms with E-state index >= 15 is 0 Å². The van der Waals surface area contributed by atoms with Gasteiger partial charge in [0.15, 0.2) is 0 Å². The highest BCUT2D eigenvalue weighted by Gasteiger charge is 2.48. The Morgan fingerprint density at radius 1 is 0.574 bits per heavy atom. The van der Waals surface area contributed by atoms with Crippen LogP contribution in [0.25, 0.3) is 0 Å². The van der Waals surface area contributed by atoms with E-state index in [0.717, 1.165) is 19.0 Å². The molecule has 3 heteroatoms. The van der Waals surface area contributed by atoms with E-state index in [9.17, 15) is 4.79 Å². The van der Waals surface area contributed by atoms with Gasteiger partial charge in [-0.05, 0) is 99.8 Å². The monoisotopic (exact) mass is 654 g/mol. The van der Waals surface area contributed by atoms with Crippen molar-refractivity contribution in [2.24, 2.45) is 0 Å². The summed E-state index contributed by atoms with van der Waals surface area (Å²) in [5.41, 5.74) is 9.73. The number of aryl methyl sites for hydroxylation is 2. The van der Waals surface area contributed by atoms with Gasteiger partial charge in [0, 0.05) is 19.0 Å². The summed E-state index contributed by atoms with van der Waals surface area (Å²) in [5.74, 6) is 0.410. The molecule has 0 saturated carbocycles. The van der Waals surface area contributed by atoms with Gasteiger partial charge in [-0.15, -0.1) is 0 Å². The molecule has 1 heterocycles. The van der Waals surface area contributed by atoms with Crippen molar-refractivity contribution in [2.45, 2.75) is 83.7 Å². The molecule has 1 saturated heterocycles. The van der Waals surface area contributed by atoms with Gasteiger partial charge in [-0.1, -0.05) is 157 Å². The minimum atomic E-state index is -0.663. The van der Waals surface area contributed by atoms with Crippen molar-refractivity contribution >= 4 is 37.5 Å². The van der Waals surface area contributed by atoms with E-state index in [1.165, 1.54) is 54.9 Å². The molecule has 6 rings (SSSR count). The molecule has 0 spiro atoms. The minimum absolute atomic E-state index is 0.0814. The Hall–Kier alpha value is -3.37. The summed E-state index contributed by atoms with van der Waals surface area (Å²) in [6.07, 6.45) is 4.12. The molecule has 0 unspecified atom stereocenters. The highest BCUT2D eigenvalue weighted by molar-refractivity contribution is 7.73. The number of carbonyl (C=O) groups excluding carboxylic acids is 1. The van der Waals surface area contributed by atoms with Gasteiger partial charge in [0.1, 0.15) is 5.78 Å². The molecular weight excluding hydrogens is 606 g/mol. The molecule has 0 aromatic heterocycles. The fourth-order valence-electron chi connectivity index (χ4n) is 7.88. The van der Waals surface area contributed by atoms with Crippen LogP contribution in [0.15, 0.2) is 121 Å². The maximum atomic E-state index is 13.2. The summed E-state index contributed by atoms with van der Waals surface area (Å²) in [6.45, 7) is 14.0. The Morgan fingerprint density at radius 2 is 1.00 bits per heavy atom. The van der Waals surface area contributed by atoms with E-state index in [4.69, 9.17) is 0 Å². The third-order valence-electron chi connectivity index (χ3n) is 9.73. The summed E-state index contributed by atoms with van der Waals surface area (Å²) < 4.78 is 0. The van der Waals surface area contributed by atoms with Gasteiger partial charge in [-0.3, -0.25) is 4.79 Å². The number of Topliss-reactive ketones (excluding diaryl/α,β-unsaturated/α-hetero) is 1. The topological polar surface area (TPSA) is 17.1 Å². The summed E-state index contributed by atoms with van der Waals surface area (Å²) >= 11 is 0. The summed E-state index contributed by atoms with van der Waals surface area (Å²) in [5, 5.41) is 4.28. The van der Waals surface area contributed by atoms with E-state index < -0.39 is 15.8 Å². The number of carbonyl (C=O) groups is 1. The molecule has 240 valence electrons. The Morgan fingerprint density at radius 3 is 1.47 bits per heavy atom. The van der Waals surface area contributed by atoms with Gasteiger partial charge in [-0.2, -0.15) is 0 Å². The van der Waals surface area contributed by atoms with Crippen LogP contribution >= 0.6 is 15.8 Å². The maximum Gasteiger partial charge on any atom is 0.134 e. The normalized spacial score (nSPS) is 16.0. The molecule has 1 fully saturated rings. The highest BCUT2D eigenvalue weighted by atomic mass is 31.1. The van der Waals surface area contributed by atoms with Crippen LogP contribution in [0.3, 0.4) is 0 Å². The number of hydrogen-bond donors (Lipinski definition) is 0. The molecule has 0 amide bonds. The lowest BCUT2D eigenvalue weighted by Gasteiger charge is -2.50. The lowest BCUT2D eigenvalue weighted by Crippen LogP contribution is -2.44. The first-order valence-corrected chi connectivity index (χ1v) is 19.8. The molecule has 0 aliphatic carbocycles. The van der Waals surface area contributed by atoms with Crippen molar-refractivity contribution in [3.8, 4) is 0 Å². The van der Waals surface area contributed by atoms with Gasteiger partial charge in [0.2, 0.25) is 0 Å². The average molecular weight is 655 g/mol. The second-order valence-electron chi connectivity index (χ2n) is 14.6. The molecule has 47 heavy (non-hydrogen) atoms. The summed E-state index contributed by atoms with van der Waals surface area (Å²) in [4.78, 5) is 13.2. The average Bonchev–Trinajstić information content (AvgIpc) is 3.02. The third-order valence-corrected chi connectivity index (χ3v) is 16.2. The predicted octanol–water partition coefficient (Wildman–Crippen LogP) is 10.1. The van der Waals surface area contributed by atoms with Crippen LogP contribution in [-0.4, -0.2) is 16.1 Å². The van der Waals surface area contributed by atoms with Crippen molar-refractivity contribution in [1.29, 1.82) is 0 Å². The number of hydrogen-bond acceptors (Lipinski definition) is 1. The predicted molar refractivity (Wildman–Crippen MR) is 206 cm³/mol. The smallest absolute Gasteiger partial charge is 0.134 e. The Balaban J connectivity index is 1.59. The van der Waals surface area contributed by atoms with Crippen LogP contribution < -0.4 is 15.9 Å². The zero-order valence-corrected chi connectivity index (χ0v) is 30.7. The van der Waals surface area contributed by atoms with Crippen LogP contribution in [0.5, 0.6) is 0 Å². The Labute approximate surface area is 285 Å². The number of benzene rings is 5. The van der Waals surface area contributed by atoms with Gasteiger partial charge in [-0.25, -0.2) is 0 Å². The van der Waals surface area contributed by atoms with Crippen LogP contribution in [-0.2, 0) is 23.8 Å². The SMILES string of the molecule is Cc1ccccc1P(Cc1cc(Cc2ccccc2)c(Cc2ccccc2)cc1P1C(C)(C)CC(=O)CC1(C)C)c1ccccc1C. The first kappa shape index (κ1) is 33.5. The van der Waals surface area contributed by atoms with Crippen molar-refractivity contribution in [2.75, 3.05) is 0 Å². The van der Waals surface area contributed by atoms with Gasteiger partial charge in [0.05, 0.1) is 0 Å². The Bertz CT molecular complexity index is 1790. The van der Waals surface area contributed by atoms with Crippen LogP contribution in [0.2, 0.25) is 0 Å². The molecule has 5 aromatic rings. The number of ketones is 1.